The van der Waals surface area contributed by atoms with Crippen molar-refractivity contribution in [2.75, 3.05) is 25.5 Å². The van der Waals surface area contributed by atoms with Crippen LogP contribution in [0.1, 0.15) is 26.8 Å². The highest BCUT2D eigenvalue weighted by atomic mass is 32.2. The Morgan fingerprint density at radius 2 is 2.38 bits per heavy atom. The van der Waals surface area contributed by atoms with Gasteiger partial charge in [0.15, 0.2) is 5.16 Å². The molecule has 0 bridgehead atoms. The van der Waals surface area contributed by atoms with Gasteiger partial charge >= 0.3 is 0 Å². The second-order valence-electron chi connectivity index (χ2n) is 5.44. The van der Waals surface area contributed by atoms with E-state index in [0.717, 1.165) is 5.16 Å². The molecule has 0 aliphatic carbocycles. The Balaban J connectivity index is 1.93. The largest absolute Gasteiger partial charge is 0.394 e. The van der Waals surface area contributed by atoms with Crippen LogP contribution in [0.15, 0.2) is 11.5 Å². The fourth-order valence-electron chi connectivity index (χ4n) is 2.17. The fourth-order valence-corrected chi connectivity index (χ4v) is 3.10. The highest BCUT2D eigenvalue weighted by molar-refractivity contribution is 7.99. The molecule has 2 heterocycles. The molecule has 8 heteroatoms. The van der Waals surface area contributed by atoms with Crippen molar-refractivity contribution in [3.63, 3.8) is 0 Å². The van der Waals surface area contributed by atoms with Crippen molar-refractivity contribution in [3.05, 3.63) is 6.33 Å². The zero-order valence-electron chi connectivity index (χ0n) is 12.6. The zero-order valence-corrected chi connectivity index (χ0v) is 13.4. The standard InChI is InChI=1S/C13H22N4O3S/c1-9(2)17-8-14-15-13(17)21-7-12(19)16-4-11(5-18)20-6-10(16)3/h8-11,18H,4-7H2,1-3H3. The normalized spacial score (nSPS) is 22.8. The van der Waals surface area contributed by atoms with Gasteiger partial charge in [-0.3, -0.25) is 4.79 Å². The molecule has 1 aromatic heterocycles. The highest BCUT2D eigenvalue weighted by Gasteiger charge is 2.29. The van der Waals surface area contributed by atoms with Crippen molar-refractivity contribution in [2.24, 2.45) is 0 Å². The number of nitrogens with zero attached hydrogens (tertiary/aromatic N) is 4. The number of rotatable bonds is 5. The molecule has 2 rings (SSSR count). The lowest BCUT2D eigenvalue weighted by Crippen LogP contribution is -2.52. The van der Waals surface area contributed by atoms with Gasteiger partial charge in [-0.25, -0.2) is 0 Å². The number of hydrogen-bond acceptors (Lipinski definition) is 6. The summed E-state index contributed by atoms with van der Waals surface area (Å²) in [6.45, 7) is 6.88. The van der Waals surface area contributed by atoms with Gasteiger partial charge in [0, 0.05) is 12.6 Å². The molecular formula is C13H22N4O3S. The third-order valence-corrected chi connectivity index (χ3v) is 4.39. The quantitative estimate of drug-likeness (QED) is 0.800. The van der Waals surface area contributed by atoms with Crippen molar-refractivity contribution in [1.29, 1.82) is 0 Å². The molecule has 1 aliphatic rings. The minimum atomic E-state index is -0.283. The third-order valence-electron chi connectivity index (χ3n) is 3.45. The Labute approximate surface area is 128 Å². The van der Waals surface area contributed by atoms with Crippen molar-refractivity contribution < 1.29 is 14.6 Å². The highest BCUT2D eigenvalue weighted by Crippen LogP contribution is 2.20. The van der Waals surface area contributed by atoms with Gasteiger partial charge in [0.1, 0.15) is 6.33 Å². The second kappa shape index (κ2) is 7.24. The number of amides is 1. The summed E-state index contributed by atoms with van der Waals surface area (Å²) in [5.74, 6) is 0.348. The predicted molar refractivity (Wildman–Crippen MR) is 79.1 cm³/mol. The van der Waals surface area contributed by atoms with E-state index in [9.17, 15) is 4.79 Å². The molecule has 0 aromatic carbocycles. The zero-order chi connectivity index (χ0) is 15.4. The van der Waals surface area contributed by atoms with Crippen molar-refractivity contribution >= 4 is 17.7 Å². The molecule has 1 amide bonds. The summed E-state index contributed by atoms with van der Waals surface area (Å²) in [6, 6.07) is 0.294. The summed E-state index contributed by atoms with van der Waals surface area (Å²) >= 11 is 1.39. The van der Waals surface area contributed by atoms with Crippen molar-refractivity contribution in [1.82, 2.24) is 19.7 Å². The summed E-state index contributed by atoms with van der Waals surface area (Å²) in [4.78, 5) is 14.1. The molecule has 1 aromatic rings. The molecule has 0 radical (unpaired) electrons. The molecule has 118 valence electrons. The maximum Gasteiger partial charge on any atom is 0.233 e. The lowest BCUT2D eigenvalue weighted by atomic mass is 10.2. The molecule has 0 spiro atoms. The van der Waals surface area contributed by atoms with E-state index in [1.165, 1.54) is 11.8 Å². The monoisotopic (exact) mass is 314 g/mol. The molecule has 0 saturated carbocycles. The van der Waals surface area contributed by atoms with Gasteiger partial charge in [-0.15, -0.1) is 10.2 Å². The van der Waals surface area contributed by atoms with E-state index in [2.05, 4.69) is 10.2 Å². The molecule has 2 unspecified atom stereocenters. The maximum atomic E-state index is 12.4. The number of ether oxygens (including phenoxy) is 1. The number of hydrogen-bond donors (Lipinski definition) is 1. The summed E-state index contributed by atoms with van der Waals surface area (Å²) in [5, 5.41) is 17.8. The van der Waals surface area contributed by atoms with Crippen LogP contribution >= 0.6 is 11.8 Å². The molecule has 1 aliphatic heterocycles. The third kappa shape index (κ3) is 3.96. The Kier molecular flexibility index (Phi) is 5.60. The Hall–Kier alpha value is -1.12. The van der Waals surface area contributed by atoms with Gasteiger partial charge in [0.05, 0.1) is 31.1 Å². The van der Waals surface area contributed by atoms with Crippen LogP contribution in [0, 0.1) is 0 Å². The van der Waals surface area contributed by atoms with E-state index in [0.29, 0.717) is 18.9 Å². The molecule has 1 saturated heterocycles. The number of aliphatic hydroxyl groups excluding tert-OH is 1. The second-order valence-corrected chi connectivity index (χ2v) is 6.38. The van der Waals surface area contributed by atoms with E-state index in [4.69, 9.17) is 9.84 Å². The molecule has 1 N–H and O–H groups in total. The molecule has 2 atom stereocenters. The fraction of sp³-hybridized carbons (Fsp3) is 0.769. The van der Waals surface area contributed by atoms with Crippen LogP contribution in [0.2, 0.25) is 0 Å². The van der Waals surface area contributed by atoms with E-state index in [1.54, 1.807) is 11.2 Å². The molecule has 1 fully saturated rings. The molecular weight excluding hydrogens is 292 g/mol. The summed E-state index contributed by atoms with van der Waals surface area (Å²) < 4.78 is 7.39. The van der Waals surface area contributed by atoms with E-state index in [-0.39, 0.29) is 30.7 Å². The van der Waals surface area contributed by atoms with Crippen LogP contribution in [0.3, 0.4) is 0 Å². The van der Waals surface area contributed by atoms with Gasteiger partial charge in [0.25, 0.3) is 0 Å². The Morgan fingerprint density at radius 1 is 1.62 bits per heavy atom. The number of aliphatic hydroxyl groups is 1. The van der Waals surface area contributed by atoms with Gasteiger partial charge in [-0.05, 0) is 20.8 Å². The molecule has 21 heavy (non-hydrogen) atoms. The van der Waals surface area contributed by atoms with Gasteiger partial charge in [-0.1, -0.05) is 11.8 Å². The number of thioether (sulfide) groups is 1. The number of carbonyl (C=O) groups excluding carboxylic acids is 1. The van der Waals surface area contributed by atoms with Crippen LogP contribution in [-0.2, 0) is 9.53 Å². The average molecular weight is 314 g/mol. The van der Waals surface area contributed by atoms with Crippen LogP contribution in [0.4, 0.5) is 0 Å². The summed E-state index contributed by atoms with van der Waals surface area (Å²) in [7, 11) is 0. The predicted octanol–water partition coefficient (Wildman–Crippen LogP) is 0.559. The number of aromatic nitrogens is 3. The van der Waals surface area contributed by atoms with Crippen LogP contribution in [0.5, 0.6) is 0 Å². The van der Waals surface area contributed by atoms with Crippen molar-refractivity contribution in [2.45, 2.75) is 44.1 Å². The lowest BCUT2D eigenvalue weighted by Gasteiger charge is -2.37. The molecule has 7 nitrogen and oxygen atoms in total. The van der Waals surface area contributed by atoms with E-state index in [1.807, 2.05) is 25.3 Å². The van der Waals surface area contributed by atoms with Crippen LogP contribution in [0.25, 0.3) is 0 Å². The first-order valence-electron chi connectivity index (χ1n) is 7.07. The Bertz CT molecular complexity index is 480. The first-order chi connectivity index (χ1) is 10.0. The topological polar surface area (TPSA) is 80.5 Å². The van der Waals surface area contributed by atoms with Crippen molar-refractivity contribution in [3.8, 4) is 0 Å². The van der Waals surface area contributed by atoms with Gasteiger partial charge in [-0.2, -0.15) is 0 Å². The average Bonchev–Trinajstić information content (AvgIpc) is 2.94. The maximum absolute atomic E-state index is 12.4. The first kappa shape index (κ1) is 16.3. The summed E-state index contributed by atoms with van der Waals surface area (Å²) in [6.07, 6.45) is 1.39. The SMILES string of the molecule is CC1COC(CO)CN1C(=O)CSc1nncn1C(C)C. The minimum Gasteiger partial charge on any atom is -0.394 e. The summed E-state index contributed by atoms with van der Waals surface area (Å²) in [5.41, 5.74) is 0. The van der Waals surface area contributed by atoms with E-state index >= 15 is 0 Å². The number of morpholine rings is 1. The van der Waals surface area contributed by atoms with Gasteiger partial charge in [0.2, 0.25) is 5.91 Å². The lowest BCUT2D eigenvalue weighted by molar-refractivity contribution is -0.143. The van der Waals surface area contributed by atoms with E-state index < -0.39 is 0 Å². The van der Waals surface area contributed by atoms with Crippen LogP contribution < -0.4 is 0 Å². The first-order valence-corrected chi connectivity index (χ1v) is 8.05. The van der Waals surface area contributed by atoms with Gasteiger partial charge < -0.3 is 19.3 Å². The van der Waals surface area contributed by atoms with Crippen LogP contribution in [-0.4, -0.2) is 68.3 Å². The smallest absolute Gasteiger partial charge is 0.233 e. The number of carbonyl (C=O) groups is 1. The minimum absolute atomic E-state index is 0.0314. The Morgan fingerprint density at radius 3 is 3.05 bits per heavy atom.